The first-order valence-corrected chi connectivity index (χ1v) is 9.79. The van der Waals surface area contributed by atoms with E-state index in [0.717, 1.165) is 17.7 Å². The van der Waals surface area contributed by atoms with E-state index in [4.69, 9.17) is 9.57 Å². The van der Waals surface area contributed by atoms with E-state index in [2.05, 4.69) is 17.1 Å². The molecule has 1 aromatic carbocycles. The van der Waals surface area contributed by atoms with Gasteiger partial charge in [-0.25, -0.2) is 4.98 Å². The van der Waals surface area contributed by atoms with E-state index in [1.807, 2.05) is 28.1 Å². The fourth-order valence-electron chi connectivity index (χ4n) is 3.71. The van der Waals surface area contributed by atoms with Crippen molar-refractivity contribution < 1.29 is 14.4 Å². The van der Waals surface area contributed by atoms with Crippen molar-refractivity contribution in [2.24, 2.45) is 5.92 Å². The summed E-state index contributed by atoms with van der Waals surface area (Å²) in [6, 6.07) is 8.34. The molecule has 132 valence electrons. The van der Waals surface area contributed by atoms with Gasteiger partial charge in [-0.05, 0) is 36.5 Å². The van der Waals surface area contributed by atoms with Gasteiger partial charge in [-0.15, -0.1) is 16.4 Å². The summed E-state index contributed by atoms with van der Waals surface area (Å²) in [5.74, 6) is 1.37. The Kier molecular flexibility index (Phi) is 5.10. The van der Waals surface area contributed by atoms with Crippen molar-refractivity contribution in [3.8, 4) is 5.75 Å². The lowest BCUT2D eigenvalue weighted by atomic mass is 9.81. The highest BCUT2D eigenvalue weighted by molar-refractivity contribution is 7.07. The number of benzene rings is 1. The fraction of sp³-hybridized carbons (Fsp3) is 0.474. The van der Waals surface area contributed by atoms with Crippen molar-refractivity contribution in [2.45, 2.75) is 51.0 Å². The number of aromatic nitrogens is 1. The van der Waals surface area contributed by atoms with Crippen LogP contribution in [0.4, 0.5) is 0 Å². The molecule has 1 saturated heterocycles. The monoisotopic (exact) mass is 358 g/mol. The Balaban J connectivity index is 1.46. The van der Waals surface area contributed by atoms with E-state index in [1.54, 1.807) is 11.3 Å². The van der Waals surface area contributed by atoms with Gasteiger partial charge in [-0.1, -0.05) is 31.4 Å². The highest BCUT2D eigenvalue weighted by Crippen LogP contribution is 2.44. The maximum atomic E-state index is 11.1. The van der Waals surface area contributed by atoms with E-state index in [1.165, 1.54) is 37.7 Å². The zero-order valence-corrected chi connectivity index (χ0v) is 14.9. The van der Waals surface area contributed by atoms with Gasteiger partial charge in [0.1, 0.15) is 12.4 Å². The van der Waals surface area contributed by atoms with Crippen LogP contribution >= 0.6 is 11.3 Å². The molecule has 0 bridgehead atoms. The molecule has 0 N–H and O–H groups in total. The molecule has 0 spiro atoms. The summed E-state index contributed by atoms with van der Waals surface area (Å²) in [7, 11) is 0. The molecular weight excluding hydrogens is 336 g/mol. The lowest BCUT2D eigenvalue weighted by Crippen LogP contribution is -2.24. The standard InChI is InChI=1S/C19H22N2O3S/c22-10-18-21(24-18)19(14-4-2-1-3-5-14)15-6-8-17(9-7-15)23-11-16-12-25-13-20-16/h6-10,12-14,18-19H,1-5,11H2. The molecule has 3 atom stereocenters. The Morgan fingerprint density at radius 1 is 1.28 bits per heavy atom. The second-order valence-electron chi connectivity index (χ2n) is 6.67. The maximum absolute atomic E-state index is 11.1. The minimum absolute atomic E-state index is 0.156. The van der Waals surface area contributed by atoms with Gasteiger partial charge >= 0.3 is 0 Å². The third kappa shape index (κ3) is 3.92. The molecule has 1 saturated carbocycles. The van der Waals surface area contributed by atoms with Crippen LogP contribution in [0.25, 0.3) is 0 Å². The summed E-state index contributed by atoms with van der Waals surface area (Å²) in [6.07, 6.45) is 6.71. The molecule has 2 aliphatic rings. The predicted octanol–water partition coefficient (Wildman–Crippen LogP) is 4.12. The Bertz CT molecular complexity index is 683. The van der Waals surface area contributed by atoms with Crippen LogP contribution < -0.4 is 4.74 Å². The third-order valence-electron chi connectivity index (χ3n) is 5.01. The van der Waals surface area contributed by atoms with Crippen molar-refractivity contribution in [2.75, 3.05) is 0 Å². The lowest BCUT2D eigenvalue weighted by molar-refractivity contribution is -0.109. The van der Waals surface area contributed by atoms with Crippen LogP contribution in [-0.2, 0) is 16.2 Å². The molecular formula is C19H22N2O3S. The number of hydrogen-bond acceptors (Lipinski definition) is 6. The van der Waals surface area contributed by atoms with Crippen molar-refractivity contribution >= 4 is 17.6 Å². The normalized spacial score (nSPS) is 24.6. The molecule has 2 fully saturated rings. The molecule has 6 heteroatoms. The van der Waals surface area contributed by atoms with Gasteiger partial charge in [0.05, 0.1) is 17.2 Å². The highest BCUT2D eigenvalue weighted by Gasteiger charge is 2.46. The van der Waals surface area contributed by atoms with E-state index >= 15 is 0 Å². The molecule has 1 aliphatic heterocycles. The van der Waals surface area contributed by atoms with Gasteiger partial charge in [-0.2, -0.15) is 0 Å². The lowest BCUT2D eigenvalue weighted by Gasteiger charge is -2.30. The molecule has 25 heavy (non-hydrogen) atoms. The van der Waals surface area contributed by atoms with E-state index in [-0.39, 0.29) is 12.3 Å². The Hall–Kier alpha value is -1.76. The first kappa shape index (κ1) is 16.7. The van der Waals surface area contributed by atoms with Gasteiger partial charge < -0.3 is 4.74 Å². The van der Waals surface area contributed by atoms with Crippen LogP contribution in [0, 0.1) is 5.92 Å². The van der Waals surface area contributed by atoms with Crippen LogP contribution in [0.1, 0.15) is 49.4 Å². The van der Waals surface area contributed by atoms with Gasteiger partial charge in [0, 0.05) is 5.38 Å². The van der Waals surface area contributed by atoms with Crippen molar-refractivity contribution in [3.05, 3.63) is 46.4 Å². The fourth-order valence-corrected chi connectivity index (χ4v) is 4.25. The molecule has 0 amide bonds. The second kappa shape index (κ2) is 7.64. The first-order chi connectivity index (χ1) is 12.3. The molecule has 3 unspecified atom stereocenters. The Morgan fingerprint density at radius 2 is 2.08 bits per heavy atom. The number of ether oxygens (including phenoxy) is 1. The van der Waals surface area contributed by atoms with E-state index in [9.17, 15) is 4.79 Å². The predicted molar refractivity (Wildman–Crippen MR) is 95.0 cm³/mol. The number of carbonyl (C=O) groups excluding carboxylic acids is 1. The largest absolute Gasteiger partial charge is 0.487 e. The van der Waals surface area contributed by atoms with Gasteiger partial charge in [-0.3, -0.25) is 9.63 Å². The van der Waals surface area contributed by atoms with Crippen LogP contribution in [0.3, 0.4) is 0 Å². The zero-order chi connectivity index (χ0) is 17.1. The van der Waals surface area contributed by atoms with Crippen molar-refractivity contribution in [1.82, 2.24) is 10.0 Å². The molecule has 2 aromatic rings. The number of rotatable bonds is 7. The molecule has 0 radical (unpaired) electrons. The quantitative estimate of drug-likeness (QED) is 0.550. The minimum Gasteiger partial charge on any atom is -0.487 e. The summed E-state index contributed by atoms with van der Waals surface area (Å²) >= 11 is 1.57. The number of carbonyl (C=O) groups is 1. The minimum atomic E-state index is -0.382. The van der Waals surface area contributed by atoms with Gasteiger partial charge in [0.15, 0.2) is 6.29 Å². The second-order valence-corrected chi connectivity index (χ2v) is 7.39. The third-order valence-corrected chi connectivity index (χ3v) is 5.65. The smallest absolute Gasteiger partial charge is 0.210 e. The van der Waals surface area contributed by atoms with Crippen LogP contribution in [-0.4, -0.2) is 22.6 Å². The molecule has 1 aromatic heterocycles. The SMILES string of the molecule is O=CC1ON1C(c1ccc(OCc2cscn2)cc1)C1CCCCC1. The van der Waals surface area contributed by atoms with Gasteiger partial charge in [0.2, 0.25) is 6.23 Å². The first-order valence-electron chi connectivity index (χ1n) is 8.85. The summed E-state index contributed by atoms with van der Waals surface area (Å²) in [5, 5.41) is 3.85. The Morgan fingerprint density at radius 3 is 2.72 bits per heavy atom. The zero-order valence-electron chi connectivity index (χ0n) is 14.0. The van der Waals surface area contributed by atoms with E-state index in [0.29, 0.717) is 12.5 Å². The number of aldehydes is 1. The molecule has 4 rings (SSSR count). The van der Waals surface area contributed by atoms with Crippen molar-refractivity contribution in [1.29, 1.82) is 0 Å². The van der Waals surface area contributed by atoms with Gasteiger partial charge in [0.25, 0.3) is 0 Å². The average Bonchev–Trinajstić information content (AvgIpc) is 3.24. The van der Waals surface area contributed by atoms with E-state index < -0.39 is 0 Å². The maximum Gasteiger partial charge on any atom is 0.210 e. The topological polar surface area (TPSA) is 54.7 Å². The summed E-state index contributed by atoms with van der Waals surface area (Å²) < 4.78 is 5.79. The number of hydroxylamine groups is 2. The number of thiazole rings is 1. The van der Waals surface area contributed by atoms with Crippen molar-refractivity contribution in [3.63, 3.8) is 0 Å². The average molecular weight is 358 g/mol. The van der Waals surface area contributed by atoms with Crippen LogP contribution in [0.2, 0.25) is 0 Å². The molecule has 5 nitrogen and oxygen atoms in total. The van der Waals surface area contributed by atoms with Crippen LogP contribution in [0.5, 0.6) is 5.75 Å². The van der Waals surface area contributed by atoms with Crippen LogP contribution in [0.15, 0.2) is 35.2 Å². The summed E-state index contributed by atoms with van der Waals surface area (Å²) in [4.78, 5) is 20.8. The summed E-state index contributed by atoms with van der Waals surface area (Å²) in [6.45, 7) is 0.483. The Labute approximate surface area is 151 Å². The number of hydrogen-bond donors (Lipinski definition) is 0. The molecule has 1 aliphatic carbocycles. The number of nitrogens with zero attached hydrogens (tertiary/aromatic N) is 2. The highest BCUT2D eigenvalue weighted by atomic mass is 32.1. The summed E-state index contributed by atoms with van der Waals surface area (Å²) in [5.41, 5.74) is 3.95. The molecule has 2 heterocycles.